The molecule has 1 aromatic carbocycles. The van der Waals surface area contributed by atoms with Crippen LogP contribution < -0.4 is 5.32 Å². The van der Waals surface area contributed by atoms with E-state index in [1.165, 1.54) is 48.0 Å². The third-order valence-electron chi connectivity index (χ3n) is 4.33. The number of nitrogens with one attached hydrogen (secondary N) is 1. The van der Waals surface area contributed by atoms with E-state index in [0.29, 0.717) is 6.04 Å². The van der Waals surface area contributed by atoms with E-state index in [-0.39, 0.29) is 0 Å². The van der Waals surface area contributed by atoms with E-state index in [4.69, 9.17) is 0 Å². The first-order valence-electron chi connectivity index (χ1n) is 7.74. The third kappa shape index (κ3) is 3.22. The van der Waals surface area contributed by atoms with Gasteiger partial charge in [-0.25, -0.2) is 0 Å². The number of likely N-dealkylation sites (tertiary alicyclic amines) is 1. The number of benzene rings is 1. The van der Waals surface area contributed by atoms with Crippen LogP contribution in [0, 0.1) is 0 Å². The molecule has 1 saturated heterocycles. The molecule has 20 heavy (non-hydrogen) atoms. The second-order valence-corrected chi connectivity index (χ2v) is 6.74. The molecule has 1 aliphatic rings. The van der Waals surface area contributed by atoms with Gasteiger partial charge in [-0.3, -0.25) is 4.90 Å². The summed E-state index contributed by atoms with van der Waals surface area (Å²) in [4.78, 5) is 2.63. The monoisotopic (exact) mass is 288 g/mol. The molecule has 2 heterocycles. The van der Waals surface area contributed by atoms with Crippen molar-refractivity contribution in [3.8, 4) is 0 Å². The van der Waals surface area contributed by atoms with Crippen LogP contribution >= 0.6 is 11.3 Å². The second-order valence-electron chi connectivity index (χ2n) is 5.83. The molecule has 1 aromatic heterocycles. The molecule has 1 aliphatic heterocycles. The van der Waals surface area contributed by atoms with Gasteiger partial charge >= 0.3 is 0 Å². The molecule has 1 fully saturated rings. The van der Waals surface area contributed by atoms with Crippen molar-refractivity contribution in [1.82, 2.24) is 10.2 Å². The summed E-state index contributed by atoms with van der Waals surface area (Å²) in [5.74, 6) is 0. The molecule has 1 atom stereocenters. The lowest BCUT2D eigenvalue weighted by Gasteiger charge is -2.32. The summed E-state index contributed by atoms with van der Waals surface area (Å²) in [6, 6.07) is 9.35. The molecule has 1 unspecified atom stereocenters. The summed E-state index contributed by atoms with van der Waals surface area (Å²) in [6.07, 6.45) is 4.16. The zero-order chi connectivity index (χ0) is 13.8. The Balaban J connectivity index is 1.52. The van der Waals surface area contributed by atoms with Gasteiger partial charge in [-0.15, -0.1) is 11.3 Å². The van der Waals surface area contributed by atoms with Gasteiger partial charge in [0.15, 0.2) is 0 Å². The maximum atomic E-state index is 3.64. The molecule has 2 aromatic rings. The van der Waals surface area contributed by atoms with E-state index < -0.39 is 0 Å². The number of thiophene rings is 1. The fourth-order valence-electron chi connectivity index (χ4n) is 3.07. The minimum atomic E-state index is 0.653. The molecule has 0 amide bonds. The Morgan fingerprint density at radius 1 is 1.20 bits per heavy atom. The number of piperidine rings is 1. The number of hydrogen-bond donors (Lipinski definition) is 1. The Morgan fingerprint density at radius 2 is 2.00 bits per heavy atom. The van der Waals surface area contributed by atoms with Crippen molar-refractivity contribution < 1.29 is 0 Å². The first-order chi connectivity index (χ1) is 9.84. The Labute approximate surface area is 125 Å². The highest BCUT2D eigenvalue weighted by atomic mass is 32.1. The van der Waals surface area contributed by atoms with Crippen LogP contribution in [-0.4, -0.2) is 30.6 Å². The van der Waals surface area contributed by atoms with Gasteiger partial charge in [0, 0.05) is 23.8 Å². The predicted molar refractivity (Wildman–Crippen MR) is 88.4 cm³/mol. The van der Waals surface area contributed by atoms with E-state index in [1.54, 1.807) is 0 Å². The number of nitrogens with zero attached hydrogens (tertiary/aromatic N) is 1. The van der Waals surface area contributed by atoms with Crippen LogP contribution in [0.4, 0.5) is 0 Å². The van der Waals surface area contributed by atoms with Crippen molar-refractivity contribution in [1.29, 1.82) is 0 Å². The molecule has 108 valence electrons. The van der Waals surface area contributed by atoms with Crippen LogP contribution in [-0.2, 0) is 6.54 Å². The molecule has 0 aliphatic carbocycles. The average Bonchev–Trinajstić information content (AvgIpc) is 2.92. The number of rotatable bonds is 5. The Hall–Kier alpha value is -0.900. The van der Waals surface area contributed by atoms with E-state index in [2.05, 4.69) is 46.8 Å². The lowest BCUT2D eigenvalue weighted by Crippen LogP contribution is -2.42. The minimum Gasteiger partial charge on any atom is -0.311 e. The van der Waals surface area contributed by atoms with Gasteiger partial charge in [0.05, 0.1) is 0 Å². The first-order valence-corrected chi connectivity index (χ1v) is 8.62. The van der Waals surface area contributed by atoms with Crippen LogP contribution in [0.1, 0.15) is 31.7 Å². The van der Waals surface area contributed by atoms with Crippen LogP contribution in [0.2, 0.25) is 0 Å². The SMILES string of the molecule is CC(CNCc1csc2ccccc12)N1CCCCC1. The number of hydrogen-bond acceptors (Lipinski definition) is 3. The topological polar surface area (TPSA) is 15.3 Å². The van der Waals surface area contributed by atoms with Crippen molar-refractivity contribution in [3.05, 3.63) is 35.2 Å². The standard InChI is InChI=1S/C17H24N2S/c1-14(19-9-5-2-6-10-19)11-18-12-15-13-20-17-8-4-3-7-16(15)17/h3-4,7-8,13-14,18H,2,5-6,9-12H2,1H3. The highest BCUT2D eigenvalue weighted by Crippen LogP contribution is 2.25. The van der Waals surface area contributed by atoms with E-state index in [1.807, 2.05) is 11.3 Å². The molecular formula is C17H24N2S. The predicted octanol–water partition coefficient (Wildman–Crippen LogP) is 3.87. The smallest absolute Gasteiger partial charge is 0.0346 e. The minimum absolute atomic E-state index is 0.653. The van der Waals surface area contributed by atoms with Crippen LogP contribution in [0.25, 0.3) is 10.1 Å². The molecule has 0 saturated carbocycles. The lowest BCUT2D eigenvalue weighted by atomic mass is 10.1. The van der Waals surface area contributed by atoms with Gasteiger partial charge in [-0.2, -0.15) is 0 Å². The first kappa shape index (κ1) is 14.1. The van der Waals surface area contributed by atoms with E-state index in [0.717, 1.165) is 13.1 Å². The third-order valence-corrected chi connectivity index (χ3v) is 5.34. The summed E-state index contributed by atoms with van der Waals surface area (Å²) >= 11 is 1.85. The van der Waals surface area contributed by atoms with Crippen molar-refractivity contribution >= 4 is 21.4 Å². The fourth-order valence-corrected chi connectivity index (χ4v) is 4.04. The molecule has 3 rings (SSSR count). The lowest BCUT2D eigenvalue weighted by molar-refractivity contribution is 0.171. The summed E-state index contributed by atoms with van der Waals surface area (Å²) in [6.45, 7) is 6.99. The summed E-state index contributed by atoms with van der Waals surface area (Å²) in [5, 5.41) is 7.35. The summed E-state index contributed by atoms with van der Waals surface area (Å²) < 4.78 is 1.40. The van der Waals surface area contributed by atoms with Crippen LogP contribution in [0.15, 0.2) is 29.6 Å². The molecule has 3 heteroatoms. The zero-order valence-electron chi connectivity index (χ0n) is 12.3. The highest BCUT2D eigenvalue weighted by molar-refractivity contribution is 7.17. The van der Waals surface area contributed by atoms with Crippen molar-refractivity contribution in [3.63, 3.8) is 0 Å². The van der Waals surface area contributed by atoms with Crippen molar-refractivity contribution in [2.45, 2.75) is 38.8 Å². The Bertz CT molecular complexity index is 543. The quantitative estimate of drug-likeness (QED) is 0.898. The molecular weight excluding hydrogens is 264 g/mol. The van der Waals surface area contributed by atoms with Crippen molar-refractivity contribution in [2.75, 3.05) is 19.6 Å². The maximum Gasteiger partial charge on any atom is 0.0346 e. The molecule has 0 bridgehead atoms. The summed E-state index contributed by atoms with van der Waals surface area (Å²) in [5.41, 5.74) is 1.44. The average molecular weight is 288 g/mol. The number of fused-ring (bicyclic) bond motifs is 1. The second kappa shape index (κ2) is 6.70. The fraction of sp³-hybridized carbons (Fsp3) is 0.529. The van der Waals surface area contributed by atoms with Crippen LogP contribution in [0.5, 0.6) is 0 Å². The van der Waals surface area contributed by atoms with Crippen LogP contribution in [0.3, 0.4) is 0 Å². The van der Waals surface area contributed by atoms with E-state index in [9.17, 15) is 0 Å². The zero-order valence-corrected chi connectivity index (χ0v) is 13.1. The maximum absolute atomic E-state index is 3.64. The van der Waals surface area contributed by atoms with Gasteiger partial charge in [-0.05, 0) is 55.3 Å². The van der Waals surface area contributed by atoms with Gasteiger partial charge in [-0.1, -0.05) is 24.6 Å². The Morgan fingerprint density at radius 3 is 2.85 bits per heavy atom. The highest BCUT2D eigenvalue weighted by Gasteiger charge is 2.16. The van der Waals surface area contributed by atoms with Gasteiger partial charge in [0.25, 0.3) is 0 Å². The van der Waals surface area contributed by atoms with Gasteiger partial charge < -0.3 is 5.32 Å². The summed E-state index contributed by atoms with van der Waals surface area (Å²) in [7, 11) is 0. The molecule has 0 spiro atoms. The largest absolute Gasteiger partial charge is 0.311 e. The van der Waals surface area contributed by atoms with Crippen molar-refractivity contribution in [2.24, 2.45) is 0 Å². The normalized spacial score (nSPS) is 18.4. The molecule has 1 N–H and O–H groups in total. The van der Waals surface area contributed by atoms with Gasteiger partial charge in [0.1, 0.15) is 0 Å². The molecule has 2 nitrogen and oxygen atoms in total. The van der Waals surface area contributed by atoms with Gasteiger partial charge in [0.2, 0.25) is 0 Å². The van der Waals surface area contributed by atoms with E-state index >= 15 is 0 Å². The molecule has 0 radical (unpaired) electrons. The Kier molecular flexibility index (Phi) is 4.71.